The first-order chi connectivity index (χ1) is 4.66. The number of Topliss-reactive ketones (excluding diaryl/α,β-unsaturated/α-hetero) is 1. The van der Waals surface area contributed by atoms with Crippen LogP contribution in [0.4, 0.5) is 0 Å². The van der Waals surface area contributed by atoms with E-state index in [1.54, 1.807) is 13.3 Å². The molecule has 0 heterocycles. The number of carbonyl (C=O) groups excluding carboxylic acids is 2. The van der Waals surface area contributed by atoms with Crippen LogP contribution in [0.15, 0.2) is 0 Å². The maximum Gasteiger partial charge on any atom is 0.313 e. The fraction of sp³-hybridized carbons (Fsp3) is 0.571. The van der Waals surface area contributed by atoms with Crippen molar-refractivity contribution in [2.24, 2.45) is 0 Å². The number of carbonyl (C=O) groups is 2. The normalized spacial score (nSPS) is 9.00. The molecule has 0 saturated heterocycles. The highest BCUT2D eigenvalue weighted by molar-refractivity contribution is 5.94. The van der Waals surface area contributed by atoms with E-state index >= 15 is 0 Å². The second-order valence-corrected chi connectivity index (χ2v) is 1.97. The largest absolute Gasteiger partial charge is 0.465 e. The second kappa shape index (κ2) is 4.97. The second-order valence-electron chi connectivity index (χ2n) is 1.97. The Morgan fingerprint density at radius 2 is 2.10 bits per heavy atom. The molecule has 0 aliphatic rings. The summed E-state index contributed by atoms with van der Waals surface area (Å²) in [5.41, 5.74) is 0. The van der Waals surface area contributed by atoms with E-state index < -0.39 is 5.97 Å². The third-order valence-electron chi connectivity index (χ3n) is 0.804. The minimum absolute atomic E-state index is 0.117. The van der Waals surface area contributed by atoms with Crippen LogP contribution in [0.5, 0.6) is 0 Å². The Hall–Kier alpha value is -0.860. The maximum absolute atomic E-state index is 10.5. The first kappa shape index (κ1) is 9.14. The molecule has 10 heavy (non-hydrogen) atoms. The third kappa shape index (κ3) is 5.28. The molecule has 0 saturated carbocycles. The zero-order valence-electron chi connectivity index (χ0n) is 6.22. The van der Waals surface area contributed by atoms with Gasteiger partial charge in [0.25, 0.3) is 0 Å². The number of ketones is 1. The Balaban J connectivity index is 3.35. The van der Waals surface area contributed by atoms with Crippen LogP contribution >= 0.6 is 0 Å². The maximum atomic E-state index is 10.5. The molecule has 3 heteroatoms. The standard InChI is InChI=1S/C7H11O3/c1-3-4-10-7(9)5-6(2)8/h3H,4-5H2,1-2H3. The molecule has 3 nitrogen and oxygen atoms in total. The van der Waals surface area contributed by atoms with Crippen molar-refractivity contribution < 1.29 is 14.3 Å². The fourth-order valence-electron chi connectivity index (χ4n) is 0.431. The van der Waals surface area contributed by atoms with Crippen molar-refractivity contribution in [3.05, 3.63) is 6.42 Å². The molecular weight excluding hydrogens is 132 g/mol. The minimum atomic E-state index is -0.453. The molecule has 0 fully saturated rings. The minimum Gasteiger partial charge on any atom is -0.465 e. The van der Waals surface area contributed by atoms with Crippen LogP contribution in [-0.4, -0.2) is 18.4 Å². The Morgan fingerprint density at radius 1 is 1.50 bits per heavy atom. The van der Waals surface area contributed by atoms with Gasteiger partial charge in [-0.05, 0) is 13.3 Å². The highest BCUT2D eigenvalue weighted by Crippen LogP contribution is 1.88. The first-order valence-corrected chi connectivity index (χ1v) is 3.09. The highest BCUT2D eigenvalue weighted by Gasteiger charge is 2.04. The van der Waals surface area contributed by atoms with Gasteiger partial charge in [0.05, 0.1) is 6.61 Å². The van der Waals surface area contributed by atoms with E-state index in [0.29, 0.717) is 0 Å². The van der Waals surface area contributed by atoms with Crippen LogP contribution in [0.1, 0.15) is 20.3 Å². The Bertz CT molecular complexity index is 129. The summed E-state index contributed by atoms with van der Waals surface area (Å²) in [6, 6.07) is 0. The van der Waals surface area contributed by atoms with Gasteiger partial charge in [0.2, 0.25) is 0 Å². The summed E-state index contributed by atoms with van der Waals surface area (Å²) in [4.78, 5) is 20.9. The van der Waals surface area contributed by atoms with Crippen molar-refractivity contribution in [2.45, 2.75) is 20.3 Å². The number of ether oxygens (including phenoxy) is 1. The summed E-state index contributed by atoms with van der Waals surface area (Å²) in [6.07, 6.45) is 1.59. The van der Waals surface area contributed by atoms with E-state index in [1.807, 2.05) is 0 Å². The summed E-state index contributed by atoms with van der Waals surface area (Å²) in [5, 5.41) is 0. The smallest absolute Gasteiger partial charge is 0.313 e. The van der Waals surface area contributed by atoms with Crippen molar-refractivity contribution in [2.75, 3.05) is 6.61 Å². The Morgan fingerprint density at radius 3 is 2.50 bits per heavy atom. The van der Waals surface area contributed by atoms with Crippen LogP contribution < -0.4 is 0 Å². The zero-order valence-corrected chi connectivity index (χ0v) is 6.22. The predicted octanol–water partition coefficient (Wildman–Crippen LogP) is 0.733. The van der Waals surface area contributed by atoms with E-state index in [1.165, 1.54) is 6.92 Å². The summed E-state index contributed by atoms with van der Waals surface area (Å²) < 4.78 is 4.59. The molecule has 0 N–H and O–H groups in total. The van der Waals surface area contributed by atoms with Gasteiger partial charge in [-0.25, -0.2) is 0 Å². The van der Waals surface area contributed by atoms with Gasteiger partial charge >= 0.3 is 5.97 Å². The highest BCUT2D eigenvalue weighted by atomic mass is 16.5. The summed E-state index contributed by atoms with van der Waals surface area (Å²) in [7, 11) is 0. The summed E-state index contributed by atoms with van der Waals surface area (Å²) >= 11 is 0. The van der Waals surface area contributed by atoms with Crippen molar-refractivity contribution in [3.63, 3.8) is 0 Å². The molecule has 0 atom stereocenters. The monoisotopic (exact) mass is 143 g/mol. The van der Waals surface area contributed by atoms with Crippen LogP contribution in [0.3, 0.4) is 0 Å². The van der Waals surface area contributed by atoms with Gasteiger partial charge in [0.15, 0.2) is 0 Å². The molecule has 0 unspecified atom stereocenters. The fourth-order valence-corrected chi connectivity index (χ4v) is 0.431. The number of esters is 1. The van der Waals surface area contributed by atoms with Crippen molar-refractivity contribution in [1.82, 2.24) is 0 Å². The van der Waals surface area contributed by atoms with Crippen LogP contribution in [-0.2, 0) is 14.3 Å². The molecule has 0 rings (SSSR count). The van der Waals surface area contributed by atoms with Gasteiger partial charge in [-0.2, -0.15) is 0 Å². The summed E-state index contributed by atoms with van der Waals surface area (Å²) in [5.74, 6) is -0.619. The van der Waals surface area contributed by atoms with E-state index in [9.17, 15) is 9.59 Å². The molecular formula is C7H11O3. The van der Waals surface area contributed by atoms with Crippen molar-refractivity contribution in [3.8, 4) is 0 Å². The van der Waals surface area contributed by atoms with E-state index in [-0.39, 0.29) is 18.8 Å². The van der Waals surface area contributed by atoms with Gasteiger partial charge in [-0.15, -0.1) is 0 Å². The molecule has 0 spiro atoms. The number of hydrogen-bond donors (Lipinski definition) is 0. The van der Waals surface area contributed by atoms with E-state index in [2.05, 4.69) is 4.74 Å². The SMILES string of the molecule is C[CH]COC(=O)CC(C)=O. The van der Waals surface area contributed by atoms with Gasteiger partial charge in [-0.3, -0.25) is 9.59 Å². The van der Waals surface area contributed by atoms with Gasteiger partial charge in [0.1, 0.15) is 12.2 Å². The molecule has 0 aromatic rings. The third-order valence-corrected chi connectivity index (χ3v) is 0.804. The van der Waals surface area contributed by atoms with E-state index in [4.69, 9.17) is 0 Å². The van der Waals surface area contributed by atoms with Crippen LogP contribution in [0, 0.1) is 6.42 Å². The lowest BCUT2D eigenvalue weighted by molar-refractivity contribution is -0.144. The van der Waals surface area contributed by atoms with Crippen molar-refractivity contribution >= 4 is 11.8 Å². The predicted molar refractivity (Wildman–Crippen MR) is 36.2 cm³/mol. The Labute approximate surface area is 60.4 Å². The molecule has 0 aromatic heterocycles. The lowest BCUT2D eigenvalue weighted by Gasteiger charge is -1.98. The van der Waals surface area contributed by atoms with E-state index in [0.717, 1.165) is 0 Å². The average Bonchev–Trinajstić information content (AvgIpc) is 1.82. The lowest BCUT2D eigenvalue weighted by atomic mass is 10.3. The average molecular weight is 143 g/mol. The number of hydrogen-bond acceptors (Lipinski definition) is 3. The summed E-state index contributed by atoms with van der Waals surface area (Å²) in [6.45, 7) is 3.42. The molecule has 0 aliphatic heterocycles. The molecule has 0 bridgehead atoms. The molecule has 1 radical (unpaired) electrons. The lowest BCUT2D eigenvalue weighted by Crippen LogP contribution is -2.09. The van der Waals surface area contributed by atoms with Gasteiger partial charge < -0.3 is 4.74 Å². The van der Waals surface area contributed by atoms with Gasteiger partial charge in [-0.1, -0.05) is 6.92 Å². The Kier molecular flexibility index (Phi) is 4.54. The van der Waals surface area contributed by atoms with Crippen molar-refractivity contribution in [1.29, 1.82) is 0 Å². The van der Waals surface area contributed by atoms with Gasteiger partial charge in [0, 0.05) is 0 Å². The first-order valence-electron chi connectivity index (χ1n) is 3.09. The quantitative estimate of drug-likeness (QED) is 0.430. The molecule has 0 aromatic carbocycles. The molecule has 0 aliphatic carbocycles. The topological polar surface area (TPSA) is 43.4 Å². The molecule has 0 amide bonds. The van der Waals surface area contributed by atoms with Crippen LogP contribution in [0.25, 0.3) is 0 Å². The zero-order chi connectivity index (χ0) is 7.98. The molecule has 57 valence electrons. The number of rotatable bonds is 4. The van der Waals surface area contributed by atoms with Crippen LogP contribution in [0.2, 0.25) is 0 Å².